The summed E-state index contributed by atoms with van der Waals surface area (Å²) in [5.41, 5.74) is 2.27. The van der Waals surface area contributed by atoms with Gasteiger partial charge in [0.05, 0.1) is 5.69 Å². The highest BCUT2D eigenvalue weighted by molar-refractivity contribution is 5.95. The van der Waals surface area contributed by atoms with Crippen LogP contribution >= 0.6 is 0 Å². The zero-order valence-electron chi connectivity index (χ0n) is 14.1. The maximum absolute atomic E-state index is 13.8. The van der Waals surface area contributed by atoms with Gasteiger partial charge < -0.3 is 4.90 Å². The summed E-state index contributed by atoms with van der Waals surface area (Å²) < 4.78 is 13.8. The average molecular weight is 327 g/mol. The van der Waals surface area contributed by atoms with Gasteiger partial charge in [-0.05, 0) is 44.2 Å². The number of anilines is 1. The van der Waals surface area contributed by atoms with Crippen LogP contribution in [0.3, 0.4) is 0 Å². The first-order chi connectivity index (χ1) is 11.5. The predicted octanol–water partition coefficient (Wildman–Crippen LogP) is 3.31. The van der Waals surface area contributed by atoms with Crippen LogP contribution in [0.15, 0.2) is 42.6 Å². The summed E-state index contributed by atoms with van der Waals surface area (Å²) in [5, 5.41) is 0. The van der Waals surface area contributed by atoms with E-state index in [1.807, 2.05) is 24.4 Å². The maximum Gasteiger partial charge on any atom is 0.159 e. The van der Waals surface area contributed by atoms with Crippen LogP contribution in [-0.4, -0.2) is 41.8 Å². The fourth-order valence-corrected chi connectivity index (χ4v) is 3.14. The Kier molecular flexibility index (Phi) is 4.90. The number of carbonyl (C=O) groups excluding carboxylic acids is 1. The Balaban J connectivity index is 1.68. The second-order valence-electron chi connectivity index (χ2n) is 6.21. The first kappa shape index (κ1) is 16.6. The predicted molar refractivity (Wildman–Crippen MR) is 92.8 cm³/mol. The number of ketones is 1. The normalized spacial score (nSPS) is 16.9. The number of hydrogen-bond donors (Lipinski definition) is 0. The molecule has 1 unspecified atom stereocenters. The number of pyridine rings is 1. The third-order valence-corrected chi connectivity index (χ3v) is 4.63. The summed E-state index contributed by atoms with van der Waals surface area (Å²) >= 11 is 0. The Morgan fingerprint density at radius 3 is 2.54 bits per heavy atom. The van der Waals surface area contributed by atoms with Gasteiger partial charge in [-0.3, -0.25) is 14.7 Å². The number of rotatable bonds is 4. The van der Waals surface area contributed by atoms with Gasteiger partial charge in [-0.1, -0.05) is 6.07 Å². The molecule has 1 atom stereocenters. The van der Waals surface area contributed by atoms with Crippen LogP contribution in [0.2, 0.25) is 0 Å². The van der Waals surface area contributed by atoms with Gasteiger partial charge in [0.15, 0.2) is 5.78 Å². The Hall–Kier alpha value is -2.27. The van der Waals surface area contributed by atoms with Crippen molar-refractivity contribution >= 4 is 11.5 Å². The molecule has 2 aromatic rings. The van der Waals surface area contributed by atoms with E-state index in [2.05, 4.69) is 21.7 Å². The van der Waals surface area contributed by atoms with Crippen LogP contribution in [-0.2, 0) is 0 Å². The van der Waals surface area contributed by atoms with Crippen LogP contribution in [0.4, 0.5) is 10.1 Å². The summed E-state index contributed by atoms with van der Waals surface area (Å²) in [6.45, 7) is 6.99. The molecular formula is C19H22FN3O. The maximum atomic E-state index is 13.8. The summed E-state index contributed by atoms with van der Waals surface area (Å²) in [5.74, 6) is -0.472. The zero-order valence-corrected chi connectivity index (χ0v) is 14.1. The van der Waals surface area contributed by atoms with Crippen molar-refractivity contribution in [3.8, 4) is 0 Å². The van der Waals surface area contributed by atoms with Crippen molar-refractivity contribution in [3.05, 3.63) is 59.7 Å². The lowest BCUT2D eigenvalue weighted by atomic mass is 10.1. The molecule has 2 heterocycles. The van der Waals surface area contributed by atoms with Crippen molar-refractivity contribution in [2.24, 2.45) is 0 Å². The number of piperazine rings is 1. The Morgan fingerprint density at radius 1 is 1.17 bits per heavy atom. The fraction of sp³-hybridized carbons (Fsp3) is 0.368. The molecule has 1 saturated heterocycles. The lowest BCUT2D eigenvalue weighted by molar-refractivity contribution is 0.101. The molecule has 1 fully saturated rings. The second-order valence-corrected chi connectivity index (χ2v) is 6.21. The number of carbonyl (C=O) groups is 1. The minimum Gasteiger partial charge on any atom is -0.369 e. The van der Waals surface area contributed by atoms with E-state index in [9.17, 15) is 9.18 Å². The number of aromatic nitrogens is 1. The summed E-state index contributed by atoms with van der Waals surface area (Å²) in [6, 6.07) is 10.8. The minimum absolute atomic E-state index is 0.113. The molecule has 1 aromatic carbocycles. The summed E-state index contributed by atoms with van der Waals surface area (Å²) in [6.07, 6.45) is 1.82. The molecule has 1 aliphatic heterocycles. The second kappa shape index (κ2) is 7.09. The Labute approximate surface area is 141 Å². The summed E-state index contributed by atoms with van der Waals surface area (Å²) in [4.78, 5) is 20.5. The monoisotopic (exact) mass is 327 g/mol. The first-order valence-electron chi connectivity index (χ1n) is 8.26. The molecule has 4 nitrogen and oxygen atoms in total. The van der Waals surface area contributed by atoms with Gasteiger partial charge >= 0.3 is 0 Å². The molecule has 5 heteroatoms. The quantitative estimate of drug-likeness (QED) is 0.807. The van der Waals surface area contributed by atoms with Crippen molar-refractivity contribution in [2.75, 3.05) is 31.1 Å². The van der Waals surface area contributed by atoms with E-state index in [1.54, 1.807) is 6.07 Å². The lowest BCUT2D eigenvalue weighted by Gasteiger charge is -2.39. The molecule has 1 aliphatic rings. The molecule has 0 N–H and O–H groups in total. The van der Waals surface area contributed by atoms with Gasteiger partial charge in [-0.15, -0.1) is 0 Å². The fourth-order valence-electron chi connectivity index (χ4n) is 3.14. The van der Waals surface area contributed by atoms with E-state index in [-0.39, 0.29) is 17.6 Å². The van der Waals surface area contributed by atoms with Gasteiger partial charge in [-0.25, -0.2) is 4.39 Å². The number of nitrogens with zero attached hydrogens (tertiary/aromatic N) is 3. The van der Waals surface area contributed by atoms with E-state index >= 15 is 0 Å². The lowest BCUT2D eigenvalue weighted by Crippen LogP contribution is -2.47. The van der Waals surface area contributed by atoms with E-state index < -0.39 is 0 Å². The van der Waals surface area contributed by atoms with Crippen molar-refractivity contribution in [2.45, 2.75) is 19.9 Å². The molecule has 0 saturated carbocycles. The molecule has 3 rings (SSSR count). The average Bonchev–Trinajstić information content (AvgIpc) is 2.61. The molecule has 0 bridgehead atoms. The van der Waals surface area contributed by atoms with E-state index in [0.717, 1.165) is 37.6 Å². The van der Waals surface area contributed by atoms with E-state index in [0.29, 0.717) is 5.56 Å². The van der Waals surface area contributed by atoms with Gasteiger partial charge in [0.2, 0.25) is 0 Å². The van der Waals surface area contributed by atoms with Crippen molar-refractivity contribution in [1.82, 2.24) is 9.88 Å². The molecule has 0 spiro atoms. The van der Waals surface area contributed by atoms with Gasteiger partial charge in [0, 0.05) is 49.7 Å². The van der Waals surface area contributed by atoms with Crippen LogP contribution in [0.1, 0.15) is 35.9 Å². The largest absolute Gasteiger partial charge is 0.369 e. The SMILES string of the molecule is CC(=O)c1cc(F)cc(N2CCN(C(C)c3ccccn3)CC2)c1. The third kappa shape index (κ3) is 3.62. The number of Topliss-reactive ketones (excluding diaryl/α,β-unsaturated/α-hetero) is 1. The van der Waals surface area contributed by atoms with E-state index in [1.165, 1.54) is 19.1 Å². The number of benzene rings is 1. The van der Waals surface area contributed by atoms with Gasteiger partial charge in [-0.2, -0.15) is 0 Å². The smallest absolute Gasteiger partial charge is 0.159 e. The van der Waals surface area contributed by atoms with Crippen molar-refractivity contribution in [1.29, 1.82) is 0 Å². The molecule has 1 aromatic heterocycles. The number of halogens is 1. The van der Waals surface area contributed by atoms with Crippen LogP contribution in [0.25, 0.3) is 0 Å². The van der Waals surface area contributed by atoms with Crippen LogP contribution < -0.4 is 4.90 Å². The zero-order chi connectivity index (χ0) is 17.1. The van der Waals surface area contributed by atoms with Crippen molar-refractivity contribution < 1.29 is 9.18 Å². The Bertz CT molecular complexity index is 712. The number of hydrogen-bond acceptors (Lipinski definition) is 4. The molecule has 0 aliphatic carbocycles. The minimum atomic E-state index is -0.359. The van der Waals surface area contributed by atoms with Crippen LogP contribution in [0, 0.1) is 5.82 Å². The van der Waals surface area contributed by atoms with E-state index in [4.69, 9.17) is 0 Å². The standard InChI is InChI=1S/C19H22FN3O/c1-14(19-5-3-4-6-21-19)22-7-9-23(10-8-22)18-12-16(15(2)24)11-17(20)13-18/h3-6,11-14H,7-10H2,1-2H3. The topological polar surface area (TPSA) is 36.4 Å². The van der Waals surface area contributed by atoms with Gasteiger partial charge in [0.1, 0.15) is 5.82 Å². The van der Waals surface area contributed by atoms with Crippen LogP contribution in [0.5, 0.6) is 0 Å². The molecule has 0 amide bonds. The molecule has 0 radical (unpaired) electrons. The Morgan fingerprint density at radius 2 is 1.92 bits per heavy atom. The first-order valence-corrected chi connectivity index (χ1v) is 8.26. The molecular weight excluding hydrogens is 305 g/mol. The summed E-state index contributed by atoms with van der Waals surface area (Å²) in [7, 11) is 0. The molecule has 126 valence electrons. The highest BCUT2D eigenvalue weighted by atomic mass is 19.1. The third-order valence-electron chi connectivity index (χ3n) is 4.63. The highest BCUT2D eigenvalue weighted by Gasteiger charge is 2.23. The van der Waals surface area contributed by atoms with Gasteiger partial charge in [0.25, 0.3) is 0 Å². The van der Waals surface area contributed by atoms with Crippen molar-refractivity contribution in [3.63, 3.8) is 0 Å². The molecule has 24 heavy (non-hydrogen) atoms. The highest BCUT2D eigenvalue weighted by Crippen LogP contribution is 2.24.